The summed E-state index contributed by atoms with van der Waals surface area (Å²) in [4.78, 5) is 22.8. The third-order valence-electron chi connectivity index (χ3n) is 2.76. The Morgan fingerprint density at radius 3 is 2.83 bits per heavy atom. The van der Waals surface area contributed by atoms with Crippen LogP contribution in [-0.2, 0) is 13.6 Å². The van der Waals surface area contributed by atoms with Crippen molar-refractivity contribution in [2.45, 2.75) is 13.5 Å². The maximum Gasteiger partial charge on any atom is 0.339 e. The predicted molar refractivity (Wildman–Crippen MR) is 64.7 cm³/mol. The molecule has 6 nitrogen and oxygen atoms in total. The lowest BCUT2D eigenvalue weighted by Gasteiger charge is -2.07. The summed E-state index contributed by atoms with van der Waals surface area (Å²) in [5.74, 6) is -1.04. The summed E-state index contributed by atoms with van der Waals surface area (Å²) in [6.45, 7) is 2.02. The lowest BCUT2D eigenvalue weighted by atomic mass is 10.2. The second-order valence-electron chi connectivity index (χ2n) is 4.10. The van der Waals surface area contributed by atoms with E-state index in [0.29, 0.717) is 5.69 Å². The maximum absolute atomic E-state index is 11.7. The molecule has 0 aliphatic rings. The molecule has 2 aromatic heterocycles. The van der Waals surface area contributed by atoms with Crippen molar-refractivity contribution >= 4 is 5.97 Å². The molecular formula is C12H13N3O3. The molecule has 0 spiro atoms. The molecule has 0 saturated heterocycles. The fourth-order valence-corrected chi connectivity index (χ4v) is 1.73. The molecule has 0 saturated carbocycles. The number of aromatic carboxylic acids is 1. The van der Waals surface area contributed by atoms with Crippen molar-refractivity contribution in [3.8, 4) is 0 Å². The van der Waals surface area contributed by atoms with Crippen molar-refractivity contribution in [1.82, 2.24) is 14.3 Å². The fraction of sp³-hybridized carbons (Fsp3) is 0.250. The van der Waals surface area contributed by atoms with E-state index in [2.05, 4.69) is 5.10 Å². The number of aryl methyl sites for hydroxylation is 2. The molecule has 0 aromatic carbocycles. The van der Waals surface area contributed by atoms with Crippen molar-refractivity contribution in [1.29, 1.82) is 0 Å². The molecule has 0 amide bonds. The van der Waals surface area contributed by atoms with Crippen LogP contribution in [-0.4, -0.2) is 25.4 Å². The predicted octanol–water partition coefficient (Wildman–Crippen LogP) is 0.637. The maximum atomic E-state index is 11.7. The Kier molecular flexibility index (Phi) is 3.01. The Bertz CT molecular complexity index is 655. The van der Waals surface area contributed by atoms with E-state index in [1.807, 2.05) is 6.92 Å². The van der Waals surface area contributed by atoms with Gasteiger partial charge in [-0.05, 0) is 18.6 Å². The molecule has 0 fully saturated rings. The number of nitrogens with zero attached hydrogens (tertiary/aromatic N) is 3. The molecular weight excluding hydrogens is 234 g/mol. The lowest BCUT2D eigenvalue weighted by Crippen LogP contribution is -2.21. The van der Waals surface area contributed by atoms with Crippen LogP contribution < -0.4 is 5.56 Å². The standard InChI is InChI=1S/C12H13N3O3/c1-8-3-4-15(11(16)5-8)7-10-9(12(17)18)6-13-14(10)2/h3-6H,7H2,1-2H3,(H,17,18). The molecule has 0 bridgehead atoms. The zero-order valence-corrected chi connectivity index (χ0v) is 10.1. The van der Waals surface area contributed by atoms with Gasteiger partial charge in [0.05, 0.1) is 18.4 Å². The topological polar surface area (TPSA) is 77.1 Å². The van der Waals surface area contributed by atoms with Gasteiger partial charge in [0.15, 0.2) is 0 Å². The van der Waals surface area contributed by atoms with Gasteiger partial charge in [-0.1, -0.05) is 0 Å². The molecule has 2 heterocycles. The average molecular weight is 247 g/mol. The molecule has 0 aliphatic carbocycles. The normalized spacial score (nSPS) is 10.6. The first-order valence-corrected chi connectivity index (χ1v) is 5.40. The van der Waals surface area contributed by atoms with Crippen molar-refractivity contribution in [3.05, 3.63) is 51.7 Å². The minimum atomic E-state index is -1.04. The van der Waals surface area contributed by atoms with Crippen LogP contribution in [0, 0.1) is 6.92 Å². The first-order chi connectivity index (χ1) is 8.49. The van der Waals surface area contributed by atoms with Crippen molar-refractivity contribution < 1.29 is 9.90 Å². The van der Waals surface area contributed by atoms with Crippen LogP contribution >= 0.6 is 0 Å². The van der Waals surface area contributed by atoms with Gasteiger partial charge in [-0.2, -0.15) is 5.10 Å². The lowest BCUT2D eigenvalue weighted by molar-refractivity contribution is 0.0695. The van der Waals surface area contributed by atoms with Gasteiger partial charge in [0, 0.05) is 19.3 Å². The highest BCUT2D eigenvalue weighted by molar-refractivity contribution is 5.88. The zero-order chi connectivity index (χ0) is 13.3. The molecule has 0 atom stereocenters. The first-order valence-electron chi connectivity index (χ1n) is 5.40. The largest absolute Gasteiger partial charge is 0.478 e. The number of carboxylic acids is 1. The number of aromatic nitrogens is 3. The van der Waals surface area contributed by atoms with Gasteiger partial charge in [-0.3, -0.25) is 9.48 Å². The summed E-state index contributed by atoms with van der Waals surface area (Å²) in [6.07, 6.45) is 2.94. The molecule has 94 valence electrons. The number of carbonyl (C=O) groups is 1. The molecule has 18 heavy (non-hydrogen) atoms. The minimum absolute atomic E-state index is 0.116. The Morgan fingerprint density at radius 1 is 1.50 bits per heavy atom. The quantitative estimate of drug-likeness (QED) is 0.863. The van der Waals surface area contributed by atoms with E-state index in [9.17, 15) is 9.59 Å². The average Bonchev–Trinajstić information content (AvgIpc) is 2.64. The van der Waals surface area contributed by atoms with Gasteiger partial charge in [-0.15, -0.1) is 0 Å². The van der Waals surface area contributed by atoms with E-state index < -0.39 is 5.97 Å². The van der Waals surface area contributed by atoms with Crippen LogP contribution in [0.4, 0.5) is 0 Å². The second kappa shape index (κ2) is 4.48. The van der Waals surface area contributed by atoms with E-state index in [1.54, 1.807) is 19.3 Å². The molecule has 0 radical (unpaired) electrons. The Morgan fingerprint density at radius 2 is 2.22 bits per heavy atom. The number of pyridine rings is 1. The van der Waals surface area contributed by atoms with Crippen LogP contribution in [0.5, 0.6) is 0 Å². The van der Waals surface area contributed by atoms with Crippen LogP contribution in [0.15, 0.2) is 29.3 Å². The molecule has 0 aliphatic heterocycles. The first kappa shape index (κ1) is 12.1. The number of hydrogen-bond donors (Lipinski definition) is 1. The summed E-state index contributed by atoms with van der Waals surface area (Å²) >= 11 is 0. The van der Waals surface area contributed by atoms with Crippen molar-refractivity contribution in [3.63, 3.8) is 0 Å². The molecule has 2 aromatic rings. The SMILES string of the molecule is Cc1ccn(Cc2c(C(=O)O)cnn2C)c(=O)c1. The van der Waals surface area contributed by atoms with Crippen molar-refractivity contribution in [2.75, 3.05) is 0 Å². The highest BCUT2D eigenvalue weighted by atomic mass is 16.4. The zero-order valence-electron chi connectivity index (χ0n) is 10.1. The highest BCUT2D eigenvalue weighted by Crippen LogP contribution is 2.08. The van der Waals surface area contributed by atoms with Crippen LogP contribution in [0.25, 0.3) is 0 Å². The Balaban J connectivity index is 2.43. The summed E-state index contributed by atoms with van der Waals surface area (Å²) in [5, 5.41) is 12.9. The highest BCUT2D eigenvalue weighted by Gasteiger charge is 2.15. The minimum Gasteiger partial charge on any atom is -0.478 e. The van der Waals surface area contributed by atoms with Crippen LogP contribution in [0.3, 0.4) is 0 Å². The van der Waals surface area contributed by atoms with E-state index in [-0.39, 0.29) is 17.7 Å². The third kappa shape index (κ3) is 2.17. The molecule has 2 rings (SSSR count). The second-order valence-corrected chi connectivity index (χ2v) is 4.10. The smallest absolute Gasteiger partial charge is 0.339 e. The van der Waals surface area contributed by atoms with Gasteiger partial charge in [0.25, 0.3) is 5.56 Å². The number of hydrogen-bond acceptors (Lipinski definition) is 3. The van der Waals surface area contributed by atoms with Gasteiger partial charge in [-0.25, -0.2) is 4.79 Å². The Hall–Kier alpha value is -2.37. The van der Waals surface area contributed by atoms with Crippen molar-refractivity contribution in [2.24, 2.45) is 7.05 Å². The number of carboxylic acid groups (broad SMARTS) is 1. The number of rotatable bonds is 3. The molecule has 0 unspecified atom stereocenters. The Labute approximate surface area is 103 Å². The summed E-state index contributed by atoms with van der Waals surface area (Å²) in [7, 11) is 1.65. The van der Waals surface area contributed by atoms with E-state index in [1.165, 1.54) is 21.5 Å². The third-order valence-corrected chi connectivity index (χ3v) is 2.76. The monoisotopic (exact) mass is 247 g/mol. The molecule has 1 N–H and O–H groups in total. The van der Waals surface area contributed by atoms with Crippen LogP contribution in [0.1, 0.15) is 21.6 Å². The van der Waals surface area contributed by atoms with E-state index >= 15 is 0 Å². The van der Waals surface area contributed by atoms with Gasteiger partial charge >= 0.3 is 5.97 Å². The molecule has 6 heteroatoms. The fourth-order valence-electron chi connectivity index (χ4n) is 1.73. The summed E-state index contributed by atoms with van der Waals surface area (Å²) in [5.41, 5.74) is 1.32. The van der Waals surface area contributed by atoms with E-state index in [4.69, 9.17) is 5.11 Å². The van der Waals surface area contributed by atoms with Gasteiger partial charge in [0.2, 0.25) is 0 Å². The summed E-state index contributed by atoms with van der Waals surface area (Å²) < 4.78 is 2.92. The summed E-state index contributed by atoms with van der Waals surface area (Å²) in [6, 6.07) is 3.31. The van der Waals surface area contributed by atoms with Crippen LogP contribution in [0.2, 0.25) is 0 Å². The van der Waals surface area contributed by atoms with Gasteiger partial charge < -0.3 is 9.67 Å². The van der Waals surface area contributed by atoms with Gasteiger partial charge in [0.1, 0.15) is 5.56 Å². The van der Waals surface area contributed by atoms with E-state index in [0.717, 1.165) is 5.56 Å².